The third-order valence-corrected chi connectivity index (χ3v) is 5.44. The molecule has 10 heteroatoms. The lowest BCUT2D eigenvalue weighted by Crippen LogP contribution is -2.40. The van der Waals surface area contributed by atoms with Gasteiger partial charge in [0.25, 0.3) is 5.91 Å². The molecule has 0 bridgehead atoms. The molecule has 32 heavy (non-hydrogen) atoms. The van der Waals surface area contributed by atoms with Crippen molar-refractivity contribution in [2.24, 2.45) is 0 Å². The summed E-state index contributed by atoms with van der Waals surface area (Å²) < 4.78 is 15.7. The van der Waals surface area contributed by atoms with Crippen molar-refractivity contribution in [2.45, 2.75) is 12.5 Å². The quantitative estimate of drug-likeness (QED) is 0.478. The number of benzene rings is 1. The molecule has 1 amide bonds. The van der Waals surface area contributed by atoms with Crippen LogP contribution in [0.4, 0.5) is 15.9 Å². The van der Waals surface area contributed by atoms with Gasteiger partial charge < -0.3 is 15.7 Å². The van der Waals surface area contributed by atoms with E-state index in [0.717, 1.165) is 17.4 Å². The molecule has 3 aromatic heterocycles. The van der Waals surface area contributed by atoms with Gasteiger partial charge in [-0.05, 0) is 30.3 Å². The summed E-state index contributed by atoms with van der Waals surface area (Å²) >= 11 is 0. The minimum atomic E-state index is -0.614. The molecule has 1 unspecified atom stereocenters. The summed E-state index contributed by atoms with van der Waals surface area (Å²) in [7, 11) is 0. The van der Waals surface area contributed by atoms with Gasteiger partial charge in [-0.2, -0.15) is 5.10 Å². The molecule has 1 aliphatic rings. The van der Waals surface area contributed by atoms with Gasteiger partial charge in [0.1, 0.15) is 29.4 Å². The molecule has 5 rings (SSSR count). The number of halogens is 1. The third kappa shape index (κ3) is 3.13. The fourth-order valence-electron chi connectivity index (χ4n) is 4.08. The average molecular weight is 431 g/mol. The summed E-state index contributed by atoms with van der Waals surface area (Å²) in [5.74, 6) is -0.938. The molecule has 0 spiro atoms. The van der Waals surface area contributed by atoms with Gasteiger partial charge in [-0.1, -0.05) is 6.58 Å². The Kier molecular flexibility index (Phi) is 4.54. The van der Waals surface area contributed by atoms with Gasteiger partial charge in [-0.3, -0.25) is 9.78 Å². The smallest absolute Gasteiger partial charge is 0.250 e. The summed E-state index contributed by atoms with van der Waals surface area (Å²) in [6.45, 7) is 3.90. The lowest BCUT2D eigenvalue weighted by molar-refractivity contribution is -0.114. The van der Waals surface area contributed by atoms with Crippen LogP contribution in [0.1, 0.15) is 11.7 Å². The monoisotopic (exact) mass is 431 g/mol. The van der Waals surface area contributed by atoms with E-state index in [9.17, 15) is 14.3 Å². The minimum Gasteiger partial charge on any atom is -0.508 e. The maximum atomic E-state index is 14.0. The van der Waals surface area contributed by atoms with E-state index in [0.29, 0.717) is 35.3 Å². The van der Waals surface area contributed by atoms with Crippen LogP contribution >= 0.6 is 0 Å². The zero-order valence-corrected chi connectivity index (χ0v) is 16.8. The average Bonchev–Trinajstić information content (AvgIpc) is 3.18. The highest BCUT2D eigenvalue weighted by molar-refractivity contribution is 6.02. The third-order valence-electron chi connectivity index (χ3n) is 5.44. The second kappa shape index (κ2) is 7.41. The first-order valence-corrected chi connectivity index (χ1v) is 9.82. The van der Waals surface area contributed by atoms with Crippen molar-refractivity contribution < 1.29 is 14.3 Å². The number of phenols is 1. The Morgan fingerprint density at radius 3 is 2.91 bits per heavy atom. The number of carbonyl (C=O) groups excluding carboxylic acids is 1. The van der Waals surface area contributed by atoms with Crippen LogP contribution in [0.15, 0.2) is 55.5 Å². The highest BCUT2D eigenvalue weighted by atomic mass is 19.1. The molecule has 0 radical (unpaired) electrons. The number of anilines is 2. The fourth-order valence-corrected chi connectivity index (χ4v) is 4.08. The summed E-state index contributed by atoms with van der Waals surface area (Å²) in [5, 5.41) is 15.0. The molecular weight excluding hydrogens is 413 g/mol. The second-order valence-electron chi connectivity index (χ2n) is 7.43. The molecule has 1 atom stereocenters. The highest BCUT2D eigenvalue weighted by Crippen LogP contribution is 2.36. The Balaban J connectivity index is 1.69. The van der Waals surface area contributed by atoms with Crippen molar-refractivity contribution >= 4 is 28.4 Å². The molecule has 0 aliphatic carbocycles. The molecule has 9 nitrogen and oxygen atoms in total. The summed E-state index contributed by atoms with van der Waals surface area (Å²) in [4.78, 5) is 27.0. The van der Waals surface area contributed by atoms with Gasteiger partial charge in [-0.15, -0.1) is 0 Å². The number of rotatable bonds is 3. The number of carbonyl (C=O) groups is 1. The molecular formula is C22H18FN7O2. The van der Waals surface area contributed by atoms with Gasteiger partial charge in [0.2, 0.25) is 0 Å². The van der Waals surface area contributed by atoms with Crippen LogP contribution in [-0.2, 0) is 11.2 Å². The van der Waals surface area contributed by atoms with Gasteiger partial charge in [-0.25, -0.2) is 19.0 Å². The molecule has 0 fully saturated rings. The standard InChI is InChI=1S/C22H18FN7O2/c1-2-18(32)29-10-14(9-16-17(29)4-3-5-25-16)30-22-19(21(24)26-11-27-22)20(28-30)12-6-13(23)8-15(31)7-12/h2-8,11,14,31H,1,9-10H2,(H2,24,26,27). The number of nitrogen functional groups attached to an aromatic ring is 1. The van der Waals surface area contributed by atoms with Crippen LogP contribution in [0, 0.1) is 5.82 Å². The predicted octanol–water partition coefficient (Wildman–Crippen LogP) is 2.63. The number of fused-ring (bicyclic) bond motifs is 2. The number of nitrogens with two attached hydrogens (primary N) is 1. The van der Waals surface area contributed by atoms with Crippen LogP contribution in [0.3, 0.4) is 0 Å². The van der Waals surface area contributed by atoms with E-state index in [1.807, 2.05) is 6.07 Å². The van der Waals surface area contributed by atoms with Crippen LogP contribution in [0.5, 0.6) is 5.75 Å². The van der Waals surface area contributed by atoms with Crippen LogP contribution < -0.4 is 10.6 Å². The first-order chi connectivity index (χ1) is 15.5. The molecule has 4 aromatic rings. The van der Waals surface area contributed by atoms with Crippen LogP contribution in [0.2, 0.25) is 0 Å². The predicted molar refractivity (Wildman–Crippen MR) is 116 cm³/mol. The number of phenolic OH excluding ortho intramolecular Hbond substituents is 1. The van der Waals surface area contributed by atoms with E-state index >= 15 is 0 Å². The number of pyridine rings is 1. The minimum absolute atomic E-state index is 0.174. The molecule has 0 saturated heterocycles. The Labute approximate surface area is 181 Å². The normalized spacial score (nSPS) is 15.5. The van der Waals surface area contributed by atoms with E-state index in [1.54, 1.807) is 21.8 Å². The van der Waals surface area contributed by atoms with Crippen molar-refractivity contribution in [3.63, 3.8) is 0 Å². The highest BCUT2D eigenvalue weighted by Gasteiger charge is 2.32. The van der Waals surface area contributed by atoms with Crippen LogP contribution in [-0.4, -0.2) is 42.3 Å². The Bertz CT molecular complexity index is 1360. The lowest BCUT2D eigenvalue weighted by Gasteiger charge is -2.33. The zero-order chi connectivity index (χ0) is 22.4. The largest absolute Gasteiger partial charge is 0.508 e. The molecule has 0 saturated carbocycles. The molecule has 4 heterocycles. The number of aromatic nitrogens is 5. The van der Waals surface area contributed by atoms with E-state index in [-0.39, 0.29) is 23.5 Å². The lowest BCUT2D eigenvalue weighted by atomic mass is 10.0. The number of aromatic hydroxyl groups is 1. The fraction of sp³-hybridized carbons (Fsp3) is 0.136. The van der Waals surface area contributed by atoms with E-state index in [2.05, 4.69) is 26.6 Å². The first-order valence-electron chi connectivity index (χ1n) is 9.82. The molecule has 1 aliphatic heterocycles. The van der Waals surface area contributed by atoms with E-state index in [4.69, 9.17) is 5.73 Å². The SMILES string of the molecule is C=CC(=O)N1CC(n2nc(-c3cc(O)cc(F)c3)c3c(N)ncnc32)Cc2ncccc21. The Morgan fingerprint density at radius 2 is 2.12 bits per heavy atom. The van der Waals surface area contributed by atoms with Crippen LogP contribution in [0.25, 0.3) is 22.3 Å². The topological polar surface area (TPSA) is 123 Å². The number of hydrogen-bond donors (Lipinski definition) is 2. The van der Waals surface area contributed by atoms with Gasteiger partial charge in [0.05, 0.1) is 22.8 Å². The zero-order valence-electron chi connectivity index (χ0n) is 16.8. The first kappa shape index (κ1) is 19.6. The van der Waals surface area contributed by atoms with Gasteiger partial charge in [0, 0.05) is 30.8 Å². The Hall–Kier alpha value is -4.34. The maximum Gasteiger partial charge on any atom is 0.250 e. The van der Waals surface area contributed by atoms with E-state index in [1.165, 1.54) is 24.5 Å². The number of hydrogen-bond acceptors (Lipinski definition) is 7. The molecule has 160 valence electrons. The van der Waals surface area contributed by atoms with E-state index < -0.39 is 5.82 Å². The van der Waals surface area contributed by atoms with Crippen molar-refractivity contribution in [1.29, 1.82) is 0 Å². The number of nitrogens with zero attached hydrogens (tertiary/aromatic N) is 6. The summed E-state index contributed by atoms with van der Waals surface area (Å²) in [6.07, 6.45) is 4.73. The molecule has 3 N–H and O–H groups in total. The molecule has 1 aromatic carbocycles. The van der Waals surface area contributed by atoms with Crippen molar-refractivity contribution in [1.82, 2.24) is 24.7 Å². The van der Waals surface area contributed by atoms with Crippen molar-refractivity contribution in [3.05, 3.63) is 67.0 Å². The summed E-state index contributed by atoms with van der Waals surface area (Å²) in [6, 6.07) is 6.94. The van der Waals surface area contributed by atoms with Gasteiger partial charge in [0.15, 0.2) is 5.65 Å². The Morgan fingerprint density at radius 1 is 1.28 bits per heavy atom. The summed E-state index contributed by atoms with van der Waals surface area (Å²) in [5.41, 5.74) is 8.69. The van der Waals surface area contributed by atoms with Crippen molar-refractivity contribution in [3.8, 4) is 17.0 Å². The second-order valence-corrected chi connectivity index (χ2v) is 7.43. The maximum absolute atomic E-state index is 14.0. The van der Waals surface area contributed by atoms with Gasteiger partial charge >= 0.3 is 0 Å². The van der Waals surface area contributed by atoms with Crippen molar-refractivity contribution in [2.75, 3.05) is 17.2 Å². The number of amides is 1.